The minimum atomic E-state index is -1.58. The van der Waals surface area contributed by atoms with E-state index in [2.05, 4.69) is 5.32 Å². The number of hydrogen-bond acceptors (Lipinski definition) is 3. The number of halogens is 1. The highest BCUT2D eigenvalue weighted by Crippen LogP contribution is 2.09. The van der Waals surface area contributed by atoms with Crippen LogP contribution in [0.5, 0.6) is 0 Å². The van der Waals surface area contributed by atoms with Crippen LogP contribution in [0.15, 0.2) is 24.3 Å². The first-order chi connectivity index (χ1) is 7.99. The summed E-state index contributed by atoms with van der Waals surface area (Å²) in [5.41, 5.74) is 0.761. The van der Waals surface area contributed by atoms with Gasteiger partial charge in [-0.2, -0.15) is 0 Å². The van der Waals surface area contributed by atoms with E-state index in [1.165, 1.54) is 0 Å². The molecule has 0 unspecified atom stereocenters. The minimum absolute atomic E-state index is 0.115. The summed E-state index contributed by atoms with van der Waals surface area (Å²) in [6.07, 6.45) is -1.46. The molecular formula is C11H12ClNO4. The lowest BCUT2D eigenvalue weighted by molar-refractivity contribution is -0.146. The second-order valence-electron chi connectivity index (χ2n) is 3.46. The second-order valence-corrected chi connectivity index (χ2v) is 3.90. The lowest BCUT2D eigenvalue weighted by Gasteiger charge is -2.07. The van der Waals surface area contributed by atoms with Gasteiger partial charge in [0.05, 0.1) is 13.0 Å². The summed E-state index contributed by atoms with van der Waals surface area (Å²) >= 11 is 5.69. The van der Waals surface area contributed by atoms with Crippen LogP contribution in [-0.4, -0.2) is 34.7 Å². The summed E-state index contributed by atoms with van der Waals surface area (Å²) in [6.45, 7) is -0.304. The van der Waals surface area contributed by atoms with Crippen LogP contribution in [0.4, 0.5) is 0 Å². The molecule has 1 amide bonds. The molecule has 0 spiro atoms. The molecule has 6 heteroatoms. The number of nitrogens with one attached hydrogen (secondary N) is 1. The van der Waals surface area contributed by atoms with Gasteiger partial charge in [-0.3, -0.25) is 4.79 Å². The molecular weight excluding hydrogens is 246 g/mol. The van der Waals surface area contributed by atoms with Crippen LogP contribution >= 0.6 is 11.6 Å². The van der Waals surface area contributed by atoms with E-state index in [0.29, 0.717) is 5.02 Å². The molecule has 3 N–H and O–H groups in total. The van der Waals surface area contributed by atoms with Gasteiger partial charge in [0.2, 0.25) is 5.91 Å². The van der Waals surface area contributed by atoms with Crippen LogP contribution in [0.2, 0.25) is 5.02 Å². The van der Waals surface area contributed by atoms with Gasteiger partial charge in [0.15, 0.2) is 6.10 Å². The zero-order valence-electron chi connectivity index (χ0n) is 8.89. The molecule has 1 atom stereocenters. The van der Waals surface area contributed by atoms with E-state index in [1.54, 1.807) is 24.3 Å². The molecule has 0 bridgehead atoms. The Kier molecular flexibility index (Phi) is 4.93. The van der Waals surface area contributed by atoms with E-state index in [-0.39, 0.29) is 18.9 Å². The Bertz CT molecular complexity index is 404. The van der Waals surface area contributed by atoms with Crippen LogP contribution < -0.4 is 5.32 Å². The zero-order chi connectivity index (χ0) is 12.8. The largest absolute Gasteiger partial charge is 0.479 e. The smallest absolute Gasteiger partial charge is 0.334 e. The molecule has 1 aromatic rings. The van der Waals surface area contributed by atoms with Gasteiger partial charge in [-0.25, -0.2) is 4.79 Å². The number of carboxylic acids is 1. The third-order valence-corrected chi connectivity index (χ3v) is 2.31. The van der Waals surface area contributed by atoms with Crippen LogP contribution in [0, 0.1) is 0 Å². The molecule has 0 saturated heterocycles. The van der Waals surface area contributed by atoms with Crippen LogP contribution in [0.25, 0.3) is 0 Å². The maximum absolute atomic E-state index is 11.4. The van der Waals surface area contributed by atoms with Gasteiger partial charge in [0.25, 0.3) is 0 Å². The topological polar surface area (TPSA) is 86.6 Å². The van der Waals surface area contributed by atoms with Crippen molar-refractivity contribution in [2.45, 2.75) is 12.5 Å². The van der Waals surface area contributed by atoms with Gasteiger partial charge < -0.3 is 15.5 Å². The molecule has 1 rings (SSSR count). The molecule has 17 heavy (non-hydrogen) atoms. The first kappa shape index (κ1) is 13.5. The third-order valence-electron chi connectivity index (χ3n) is 2.06. The normalized spacial score (nSPS) is 11.9. The van der Waals surface area contributed by atoms with E-state index in [1.807, 2.05) is 0 Å². The van der Waals surface area contributed by atoms with Gasteiger partial charge in [-0.05, 0) is 17.7 Å². The van der Waals surface area contributed by atoms with E-state index < -0.39 is 12.1 Å². The highest BCUT2D eigenvalue weighted by atomic mass is 35.5. The Hall–Kier alpha value is -1.59. The number of aliphatic hydroxyl groups is 1. The van der Waals surface area contributed by atoms with Crippen LogP contribution in [0.3, 0.4) is 0 Å². The van der Waals surface area contributed by atoms with Crippen molar-refractivity contribution in [1.29, 1.82) is 0 Å². The number of benzene rings is 1. The number of carboxylic acid groups (broad SMARTS) is 1. The SMILES string of the molecule is O=C(Cc1ccc(Cl)cc1)NC[C@H](O)C(=O)O. The summed E-state index contributed by atoms with van der Waals surface area (Å²) < 4.78 is 0. The lowest BCUT2D eigenvalue weighted by atomic mass is 10.1. The molecule has 5 nitrogen and oxygen atoms in total. The highest BCUT2D eigenvalue weighted by Gasteiger charge is 2.14. The molecule has 0 saturated carbocycles. The quantitative estimate of drug-likeness (QED) is 0.715. The van der Waals surface area contributed by atoms with E-state index in [9.17, 15) is 9.59 Å². The summed E-state index contributed by atoms with van der Waals surface area (Å²) in [4.78, 5) is 21.7. The van der Waals surface area contributed by atoms with E-state index >= 15 is 0 Å². The van der Waals surface area contributed by atoms with Crippen LogP contribution in [0.1, 0.15) is 5.56 Å². The number of hydrogen-bond donors (Lipinski definition) is 3. The van der Waals surface area contributed by atoms with Crippen molar-refractivity contribution in [3.63, 3.8) is 0 Å². The first-order valence-electron chi connectivity index (χ1n) is 4.91. The Balaban J connectivity index is 2.39. The van der Waals surface area contributed by atoms with Crippen molar-refractivity contribution in [1.82, 2.24) is 5.32 Å². The van der Waals surface area contributed by atoms with Crippen molar-refractivity contribution >= 4 is 23.5 Å². The molecule has 1 aromatic carbocycles. The van der Waals surface area contributed by atoms with Crippen LogP contribution in [-0.2, 0) is 16.0 Å². The third kappa shape index (κ3) is 4.84. The Labute approximate surface area is 103 Å². The number of carbonyl (C=O) groups excluding carboxylic acids is 1. The van der Waals surface area contributed by atoms with Gasteiger partial charge in [0.1, 0.15) is 0 Å². The molecule has 0 aliphatic heterocycles. The van der Waals surface area contributed by atoms with Crippen molar-refractivity contribution in [3.05, 3.63) is 34.9 Å². The average molecular weight is 258 g/mol. The van der Waals surface area contributed by atoms with E-state index in [4.69, 9.17) is 21.8 Å². The summed E-state index contributed by atoms with van der Waals surface area (Å²) in [6, 6.07) is 6.73. The average Bonchev–Trinajstić information content (AvgIpc) is 2.29. The highest BCUT2D eigenvalue weighted by molar-refractivity contribution is 6.30. The molecule has 0 heterocycles. The maximum atomic E-state index is 11.4. The minimum Gasteiger partial charge on any atom is -0.479 e. The van der Waals surface area contributed by atoms with Crippen molar-refractivity contribution in [2.75, 3.05) is 6.54 Å². The predicted octanol–water partition coefficient (Wildman–Crippen LogP) is 0.444. The summed E-state index contributed by atoms with van der Waals surface area (Å²) in [5, 5.41) is 20.2. The van der Waals surface area contributed by atoms with E-state index in [0.717, 1.165) is 5.56 Å². The molecule has 0 radical (unpaired) electrons. The Morgan fingerprint density at radius 1 is 1.29 bits per heavy atom. The van der Waals surface area contributed by atoms with Gasteiger partial charge >= 0.3 is 5.97 Å². The number of aliphatic hydroxyl groups excluding tert-OH is 1. The van der Waals surface area contributed by atoms with Crippen molar-refractivity contribution in [2.24, 2.45) is 0 Å². The molecule has 0 aliphatic carbocycles. The predicted molar refractivity (Wildman–Crippen MR) is 61.8 cm³/mol. The second kappa shape index (κ2) is 6.22. The molecule has 0 aromatic heterocycles. The fourth-order valence-corrected chi connectivity index (χ4v) is 1.27. The fraction of sp³-hybridized carbons (Fsp3) is 0.273. The molecule has 92 valence electrons. The van der Waals surface area contributed by atoms with Gasteiger partial charge in [-0.15, -0.1) is 0 Å². The summed E-state index contributed by atoms with van der Waals surface area (Å²) in [7, 11) is 0. The van der Waals surface area contributed by atoms with Gasteiger partial charge in [0, 0.05) is 5.02 Å². The molecule has 0 fully saturated rings. The summed E-state index contributed by atoms with van der Waals surface area (Å²) in [5.74, 6) is -1.72. The lowest BCUT2D eigenvalue weighted by Crippen LogP contribution is -2.37. The number of aliphatic carboxylic acids is 1. The number of rotatable bonds is 5. The first-order valence-corrected chi connectivity index (χ1v) is 5.29. The standard InChI is InChI=1S/C11H12ClNO4/c12-8-3-1-7(2-4-8)5-10(15)13-6-9(14)11(16)17/h1-4,9,14H,5-6H2,(H,13,15)(H,16,17)/t9-/m0/s1. The van der Waals surface area contributed by atoms with Crippen molar-refractivity contribution < 1.29 is 19.8 Å². The number of carbonyl (C=O) groups is 2. The molecule has 0 aliphatic rings. The van der Waals surface area contributed by atoms with Gasteiger partial charge in [-0.1, -0.05) is 23.7 Å². The Morgan fingerprint density at radius 3 is 2.41 bits per heavy atom. The number of amides is 1. The fourth-order valence-electron chi connectivity index (χ4n) is 1.15. The monoisotopic (exact) mass is 257 g/mol. The zero-order valence-corrected chi connectivity index (χ0v) is 9.65. The van der Waals surface area contributed by atoms with Crippen molar-refractivity contribution in [3.8, 4) is 0 Å². The Morgan fingerprint density at radius 2 is 1.88 bits per heavy atom. The maximum Gasteiger partial charge on any atom is 0.334 e.